The largest absolute Gasteiger partial charge is 0.508 e. The fourth-order valence-corrected chi connectivity index (χ4v) is 2.35. The average Bonchev–Trinajstić information content (AvgIpc) is 2.30. The number of amides is 1. The van der Waals surface area contributed by atoms with Crippen LogP contribution in [0.4, 0.5) is 0 Å². The number of benzene rings is 1. The quantitative estimate of drug-likeness (QED) is 0.685. The Bertz CT molecular complexity index is 468. The van der Waals surface area contributed by atoms with E-state index in [0.717, 1.165) is 5.56 Å². The summed E-state index contributed by atoms with van der Waals surface area (Å²) in [6.07, 6.45) is 0.285. The molecule has 5 nitrogen and oxygen atoms in total. The van der Waals surface area contributed by atoms with E-state index in [4.69, 9.17) is 5.11 Å². The van der Waals surface area contributed by atoms with Crippen molar-refractivity contribution in [3.05, 3.63) is 29.8 Å². The smallest absolute Gasteiger partial charge is 0.316 e. The van der Waals surface area contributed by atoms with Gasteiger partial charge in [-0.2, -0.15) is 0 Å². The molecule has 0 radical (unpaired) electrons. The number of hydrogen-bond acceptors (Lipinski definition) is 3. The summed E-state index contributed by atoms with van der Waals surface area (Å²) >= 11 is 0. The van der Waals surface area contributed by atoms with Crippen LogP contribution in [0.3, 0.4) is 0 Å². The van der Waals surface area contributed by atoms with Crippen LogP contribution in [0.15, 0.2) is 24.3 Å². The van der Waals surface area contributed by atoms with Crippen molar-refractivity contribution in [3.8, 4) is 5.75 Å². The highest BCUT2D eigenvalue weighted by atomic mass is 16.4. The Kier molecular flexibility index (Phi) is 3.23. The van der Waals surface area contributed by atoms with Crippen molar-refractivity contribution in [1.29, 1.82) is 0 Å². The molecule has 1 aromatic rings. The molecule has 3 atom stereocenters. The molecule has 1 fully saturated rings. The fraction of sp³-hybridized carbons (Fsp3) is 0.385. The first-order valence-electron chi connectivity index (χ1n) is 5.81. The lowest BCUT2D eigenvalue weighted by atomic mass is 9.80. The van der Waals surface area contributed by atoms with Crippen molar-refractivity contribution in [2.24, 2.45) is 5.92 Å². The number of hydrogen-bond donors (Lipinski definition) is 3. The minimum absolute atomic E-state index is 0.0515. The molecular formula is C13H15NO4. The van der Waals surface area contributed by atoms with Crippen LogP contribution in [-0.2, 0) is 9.59 Å². The van der Waals surface area contributed by atoms with Crippen LogP contribution in [0.2, 0.25) is 0 Å². The third-order valence-corrected chi connectivity index (χ3v) is 3.40. The zero-order chi connectivity index (χ0) is 13.3. The number of aliphatic carboxylic acids is 1. The molecule has 1 aliphatic heterocycles. The second kappa shape index (κ2) is 4.68. The molecule has 3 unspecified atom stereocenters. The van der Waals surface area contributed by atoms with Crippen molar-refractivity contribution < 1.29 is 19.8 Å². The lowest BCUT2D eigenvalue weighted by Crippen LogP contribution is -2.49. The summed E-state index contributed by atoms with van der Waals surface area (Å²) in [5, 5.41) is 20.9. The third kappa shape index (κ3) is 2.30. The van der Waals surface area contributed by atoms with Gasteiger partial charge in [0.1, 0.15) is 11.7 Å². The van der Waals surface area contributed by atoms with Crippen LogP contribution >= 0.6 is 0 Å². The molecule has 3 N–H and O–H groups in total. The summed E-state index contributed by atoms with van der Waals surface area (Å²) in [5.41, 5.74) is 0.923. The fourth-order valence-electron chi connectivity index (χ4n) is 2.35. The zero-order valence-electron chi connectivity index (χ0n) is 9.96. The van der Waals surface area contributed by atoms with E-state index in [2.05, 4.69) is 5.32 Å². The van der Waals surface area contributed by atoms with Crippen LogP contribution in [-0.4, -0.2) is 28.1 Å². The van der Waals surface area contributed by atoms with Gasteiger partial charge in [-0.3, -0.25) is 9.59 Å². The third-order valence-electron chi connectivity index (χ3n) is 3.40. The number of carboxylic acid groups (broad SMARTS) is 1. The van der Waals surface area contributed by atoms with Gasteiger partial charge in [-0.05, 0) is 31.0 Å². The first-order chi connectivity index (χ1) is 8.49. The van der Waals surface area contributed by atoms with E-state index in [1.807, 2.05) is 6.92 Å². The Hall–Kier alpha value is -2.04. The molecule has 0 aromatic heterocycles. The Balaban J connectivity index is 2.24. The zero-order valence-corrected chi connectivity index (χ0v) is 9.96. The van der Waals surface area contributed by atoms with Crippen LogP contribution in [0.25, 0.3) is 0 Å². The first-order valence-corrected chi connectivity index (χ1v) is 5.81. The Morgan fingerprint density at radius 3 is 2.50 bits per heavy atom. The van der Waals surface area contributed by atoms with Gasteiger partial charge in [0.2, 0.25) is 5.91 Å². The Labute approximate surface area is 104 Å². The van der Waals surface area contributed by atoms with Gasteiger partial charge in [-0.15, -0.1) is 0 Å². The van der Waals surface area contributed by atoms with E-state index in [9.17, 15) is 14.7 Å². The summed E-state index contributed by atoms with van der Waals surface area (Å²) in [6.45, 7) is 1.85. The molecule has 2 rings (SSSR count). The standard InChI is InChI=1S/C13H15NO4/c1-7-10(8-2-4-9(15)5-3-8)6-11(13(17)18)12(16)14-7/h2-5,7,10-11,15H,6H2,1H3,(H,14,16)(H,17,18). The minimum atomic E-state index is -1.09. The number of carbonyl (C=O) groups is 2. The van der Waals surface area contributed by atoms with Gasteiger partial charge in [0.25, 0.3) is 0 Å². The van der Waals surface area contributed by atoms with Crippen molar-refractivity contribution in [1.82, 2.24) is 5.32 Å². The Morgan fingerprint density at radius 1 is 1.33 bits per heavy atom. The minimum Gasteiger partial charge on any atom is -0.508 e. The molecule has 18 heavy (non-hydrogen) atoms. The van der Waals surface area contributed by atoms with Crippen molar-refractivity contribution >= 4 is 11.9 Å². The second-order valence-corrected chi connectivity index (χ2v) is 4.62. The number of phenolic OH excluding ortho intramolecular Hbond substituents is 1. The lowest BCUT2D eigenvalue weighted by molar-refractivity contribution is -0.149. The van der Waals surface area contributed by atoms with Crippen LogP contribution in [0.1, 0.15) is 24.8 Å². The molecule has 5 heteroatoms. The topological polar surface area (TPSA) is 86.6 Å². The number of piperidine rings is 1. The SMILES string of the molecule is CC1NC(=O)C(C(=O)O)CC1c1ccc(O)cc1. The molecule has 96 valence electrons. The monoisotopic (exact) mass is 249 g/mol. The molecule has 1 aromatic carbocycles. The summed E-state index contributed by atoms with van der Waals surface area (Å²) in [4.78, 5) is 22.5. The van der Waals surface area contributed by atoms with Gasteiger partial charge in [0.15, 0.2) is 0 Å². The maximum Gasteiger partial charge on any atom is 0.316 e. The first kappa shape index (κ1) is 12.4. The normalized spacial score (nSPS) is 27.6. The summed E-state index contributed by atoms with van der Waals surface area (Å²) < 4.78 is 0. The number of aromatic hydroxyl groups is 1. The molecule has 1 amide bonds. The predicted molar refractivity (Wildman–Crippen MR) is 64.2 cm³/mol. The van der Waals surface area contributed by atoms with Crippen molar-refractivity contribution in [2.75, 3.05) is 0 Å². The number of phenols is 1. The number of carbonyl (C=O) groups excluding carboxylic acids is 1. The van der Waals surface area contributed by atoms with Gasteiger partial charge < -0.3 is 15.5 Å². The summed E-state index contributed by atoms with van der Waals surface area (Å²) in [5.74, 6) is -2.40. The van der Waals surface area contributed by atoms with E-state index in [1.54, 1.807) is 24.3 Å². The van der Waals surface area contributed by atoms with Gasteiger partial charge in [0, 0.05) is 12.0 Å². The lowest BCUT2D eigenvalue weighted by Gasteiger charge is -2.33. The van der Waals surface area contributed by atoms with Gasteiger partial charge in [-0.25, -0.2) is 0 Å². The highest BCUT2D eigenvalue weighted by molar-refractivity contribution is 5.97. The highest BCUT2D eigenvalue weighted by Crippen LogP contribution is 2.32. The molecule has 0 saturated carbocycles. The molecule has 0 aliphatic carbocycles. The maximum absolute atomic E-state index is 11.5. The molecule has 1 aliphatic rings. The predicted octanol–water partition coefficient (Wildman–Crippen LogP) is 1.08. The maximum atomic E-state index is 11.5. The summed E-state index contributed by atoms with van der Waals surface area (Å²) in [7, 11) is 0. The molecule has 1 heterocycles. The average molecular weight is 249 g/mol. The molecule has 0 spiro atoms. The van der Waals surface area contributed by atoms with Crippen molar-refractivity contribution in [2.45, 2.75) is 25.3 Å². The summed E-state index contributed by atoms with van der Waals surface area (Å²) in [6, 6.07) is 6.53. The molecular weight excluding hydrogens is 234 g/mol. The number of carboxylic acids is 1. The van der Waals surface area contributed by atoms with E-state index in [1.165, 1.54) is 0 Å². The van der Waals surface area contributed by atoms with E-state index < -0.39 is 17.8 Å². The van der Waals surface area contributed by atoms with Crippen LogP contribution in [0.5, 0.6) is 5.75 Å². The highest BCUT2D eigenvalue weighted by Gasteiger charge is 2.38. The second-order valence-electron chi connectivity index (χ2n) is 4.62. The van der Waals surface area contributed by atoms with Gasteiger partial charge in [0.05, 0.1) is 0 Å². The van der Waals surface area contributed by atoms with Crippen LogP contribution in [0, 0.1) is 5.92 Å². The van der Waals surface area contributed by atoms with Gasteiger partial charge in [-0.1, -0.05) is 12.1 Å². The molecule has 1 saturated heterocycles. The van der Waals surface area contributed by atoms with Crippen LogP contribution < -0.4 is 5.32 Å². The number of rotatable bonds is 2. The van der Waals surface area contributed by atoms with Gasteiger partial charge >= 0.3 is 5.97 Å². The van der Waals surface area contributed by atoms with E-state index >= 15 is 0 Å². The van der Waals surface area contributed by atoms with Crippen molar-refractivity contribution in [3.63, 3.8) is 0 Å². The van der Waals surface area contributed by atoms with E-state index in [-0.39, 0.29) is 24.1 Å². The molecule has 0 bridgehead atoms. The number of nitrogens with one attached hydrogen (secondary N) is 1. The van der Waals surface area contributed by atoms with E-state index in [0.29, 0.717) is 0 Å². The Morgan fingerprint density at radius 2 is 1.94 bits per heavy atom.